The summed E-state index contributed by atoms with van der Waals surface area (Å²) in [5, 5.41) is 2.19. The van der Waals surface area contributed by atoms with E-state index in [9.17, 15) is 0 Å². The van der Waals surface area contributed by atoms with Crippen LogP contribution >= 0.6 is 11.3 Å². The topological polar surface area (TPSA) is 12.5 Å². The Morgan fingerprint density at radius 2 is 2.54 bits per heavy atom. The van der Waals surface area contributed by atoms with Crippen LogP contribution in [0.15, 0.2) is 11.4 Å². The number of ether oxygens (including phenoxy) is 1. The van der Waals surface area contributed by atoms with Crippen molar-refractivity contribution in [1.82, 2.24) is 4.90 Å². The highest BCUT2D eigenvalue weighted by Crippen LogP contribution is 2.32. The molecule has 1 aliphatic rings. The molecule has 2 rings (SSSR count). The van der Waals surface area contributed by atoms with E-state index >= 15 is 0 Å². The molecule has 0 radical (unpaired) electrons. The number of hydrogen-bond acceptors (Lipinski definition) is 3. The minimum atomic E-state index is 0.480. The monoisotopic (exact) mass is 197 g/mol. The molecule has 0 aromatic carbocycles. The van der Waals surface area contributed by atoms with Crippen LogP contribution in [-0.2, 0) is 11.2 Å². The lowest BCUT2D eigenvalue weighted by atomic mass is 10.0. The predicted octanol–water partition coefficient (Wildman–Crippen LogP) is 1.92. The van der Waals surface area contributed by atoms with E-state index < -0.39 is 0 Å². The second kappa shape index (κ2) is 3.78. The summed E-state index contributed by atoms with van der Waals surface area (Å²) in [5.74, 6) is 0. The third kappa shape index (κ3) is 1.64. The van der Waals surface area contributed by atoms with Gasteiger partial charge in [0.1, 0.15) is 0 Å². The first-order valence-corrected chi connectivity index (χ1v) is 5.46. The van der Waals surface area contributed by atoms with E-state index in [0.29, 0.717) is 6.04 Å². The largest absolute Gasteiger partial charge is 0.383 e. The van der Waals surface area contributed by atoms with Crippen molar-refractivity contribution >= 4 is 11.3 Å². The fraction of sp³-hybridized carbons (Fsp3) is 0.600. The average molecular weight is 197 g/mol. The summed E-state index contributed by atoms with van der Waals surface area (Å²) >= 11 is 1.86. The molecule has 1 aromatic heterocycles. The molecule has 3 heteroatoms. The highest BCUT2D eigenvalue weighted by molar-refractivity contribution is 7.10. The number of hydrogen-bond donors (Lipinski definition) is 0. The normalized spacial score (nSPS) is 23.1. The summed E-state index contributed by atoms with van der Waals surface area (Å²) in [6, 6.07) is 2.73. The standard InChI is InChI=1S/C10H15NOS/c1-11-5-3-8-4-6-13-10(8)9(11)7-12-2/h4,6,9H,3,5,7H2,1-2H3. The molecule has 2 heterocycles. The maximum atomic E-state index is 5.24. The van der Waals surface area contributed by atoms with Crippen LogP contribution in [0, 0.1) is 0 Å². The Morgan fingerprint density at radius 3 is 3.31 bits per heavy atom. The van der Waals surface area contributed by atoms with Crippen LogP contribution < -0.4 is 0 Å². The molecule has 1 aromatic rings. The SMILES string of the molecule is COCC1c2sccc2CCN1C. The molecule has 0 bridgehead atoms. The van der Waals surface area contributed by atoms with E-state index in [1.54, 1.807) is 7.11 Å². The van der Waals surface area contributed by atoms with Gasteiger partial charge in [-0.05, 0) is 30.5 Å². The van der Waals surface area contributed by atoms with Crippen molar-refractivity contribution in [2.75, 3.05) is 27.3 Å². The van der Waals surface area contributed by atoms with Crippen LogP contribution in [0.4, 0.5) is 0 Å². The molecule has 0 aliphatic carbocycles. The van der Waals surface area contributed by atoms with Gasteiger partial charge in [0.15, 0.2) is 0 Å². The van der Waals surface area contributed by atoms with Gasteiger partial charge in [0.25, 0.3) is 0 Å². The summed E-state index contributed by atoms with van der Waals surface area (Å²) < 4.78 is 5.24. The van der Waals surface area contributed by atoms with E-state index in [2.05, 4.69) is 23.4 Å². The van der Waals surface area contributed by atoms with Crippen molar-refractivity contribution in [2.45, 2.75) is 12.5 Å². The smallest absolute Gasteiger partial charge is 0.0677 e. The lowest BCUT2D eigenvalue weighted by Gasteiger charge is -2.31. The first kappa shape index (κ1) is 9.19. The van der Waals surface area contributed by atoms with Crippen molar-refractivity contribution in [3.63, 3.8) is 0 Å². The van der Waals surface area contributed by atoms with Gasteiger partial charge < -0.3 is 4.74 Å². The molecular formula is C10H15NOS. The number of nitrogens with zero attached hydrogens (tertiary/aromatic N) is 1. The number of thiophene rings is 1. The third-order valence-corrected chi connectivity index (χ3v) is 3.73. The van der Waals surface area contributed by atoms with Crippen molar-refractivity contribution in [1.29, 1.82) is 0 Å². The molecule has 0 fully saturated rings. The van der Waals surface area contributed by atoms with Crippen LogP contribution in [0.2, 0.25) is 0 Å². The van der Waals surface area contributed by atoms with Crippen LogP contribution in [0.25, 0.3) is 0 Å². The molecule has 0 amide bonds. The number of likely N-dealkylation sites (N-methyl/N-ethyl adjacent to an activating group) is 1. The molecule has 13 heavy (non-hydrogen) atoms. The molecule has 1 unspecified atom stereocenters. The van der Waals surface area contributed by atoms with E-state index in [1.165, 1.54) is 16.9 Å². The van der Waals surface area contributed by atoms with Gasteiger partial charge in [-0.1, -0.05) is 0 Å². The Morgan fingerprint density at radius 1 is 1.69 bits per heavy atom. The quantitative estimate of drug-likeness (QED) is 0.718. The lowest BCUT2D eigenvalue weighted by Crippen LogP contribution is -2.33. The fourth-order valence-electron chi connectivity index (χ4n) is 1.86. The molecule has 1 aliphatic heterocycles. The lowest BCUT2D eigenvalue weighted by molar-refractivity contribution is 0.103. The van der Waals surface area contributed by atoms with Crippen LogP contribution in [-0.4, -0.2) is 32.2 Å². The van der Waals surface area contributed by atoms with Crippen molar-refractivity contribution in [3.8, 4) is 0 Å². The van der Waals surface area contributed by atoms with Crippen molar-refractivity contribution in [2.24, 2.45) is 0 Å². The highest BCUT2D eigenvalue weighted by atomic mass is 32.1. The first-order valence-electron chi connectivity index (χ1n) is 4.58. The Hall–Kier alpha value is -0.380. The van der Waals surface area contributed by atoms with E-state index in [1.807, 2.05) is 11.3 Å². The minimum Gasteiger partial charge on any atom is -0.383 e. The maximum absolute atomic E-state index is 5.24. The predicted molar refractivity (Wildman–Crippen MR) is 55.3 cm³/mol. The summed E-state index contributed by atoms with van der Waals surface area (Å²) in [5.41, 5.74) is 1.52. The number of fused-ring (bicyclic) bond motifs is 1. The van der Waals surface area contributed by atoms with Crippen molar-refractivity contribution in [3.05, 3.63) is 21.9 Å². The van der Waals surface area contributed by atoms with Gasteiger partial charge in [0.05, 0.1) is 12.6 Å². The molecule has 1 atom stereocenters. The zero-order chi connectivity index (χ0) is 9.26. The molecule has 0 saturated heterocycles. The van der Waals surface area contributed by atoms with Gasteiger partial charge in [-0.2, -0.15) is 0 Å². The van der Waals surface area contributed by atoms with E-state index in [0.717, 1.165) is 13.2 Å². The minimum absolute atomic E-state index is 0.480. The maximum Gasteiger partial charge on any atom is 0.0677 e. The van der Waals surface area contributed by atoms with E-state index in [4.69, 9.17) is 4.74 Å². The fourth-order valence-corrected chi connectivity index (χ4v) is 2.97. The molecule has 72 valence electrons. The van der Waals surface area contributed by atoms with Gasteiger partial charge >= 0.3 is 0 Å². The Bertz CT molecular complexity index is 284. The first-order chi connectivity index (χ1) is 6.33. The molecule has 0 spiro atoms. The number of methoxy groups -OCH3 is 1. The Labute approximate surface area is 83.1 Å². The van der Waals surface area contributed by atoms with Gasteiger partial charge in [0, 0.05) is 18.5 Å². The molecule has 2 nitrogen and oxygen atoms in total. The summed E-state index contributed by atoms with van der Waals surface area (Å²) in [4.78, 5) is 3.87. The third-order valence-electron chi connectivity index (χ3n) is 2.67. The zero-order valence-electron chi connectivity index (χ0n) is 8.12. The van der Waals surface area contributed by atoms with Crippen molar-refractivity contribution < 1.29 is 4.74 Å². The summed E-state index contributed by atoms with van der Waals surface area (Å²) in [7, 11) is 3.95. The van der Waals surface area contributed by atoms with Gasteiger partial charge in [-0.3, -0.25) is 4.90 Å². The van der Waals surface area contributed by atoms with Gasteiger partial charge in [0.2, 0.25) is 0 Å². The highest BCUT2D eigenvalue weighted by Gasteiger charge is 2.25. The van der Waals surface area contributed by atoms with Gasteiger partial charge in [-0.25, -0.2) is 0 Å². The van der Waals surface area contributed by atoms with Crippen LogP contribution in [0.1, 0.15) is 16.5 Å². The second-order valence-corrected chi connectivity index (χ2v) is 4.46. The zero-order valence-corrected chi connectivity index (χ0v) is 8.93. The van der Waals surface area contributed by atoms with Gasteiger partial charge in [-0.15, -0.1) is 11.3 Å². The number of rotatable bonds is 2. The van der Waals surface area contributed by atoms with E-state index in [-0.39, 0.29) is 0 Å². The second-order valence-electron chi connectivity index (χ2n) is 3.51. The summed E-state index contributed by atoms with van der Waals surface area (Å²) in [6.07, 6.45) is 1.19. The molecule has 0 saturated carbocycles. The molecule has 0 N–H and O–H groups in total. The summed E-state index contributed by atoms with van der Waals surface area (Å²) in [6.45, 7) is 1.96. The Kier molecular flexibility index (Phi) is 2.67. The van der Waals surface area contributed by atoms with Crippen LogP contribution in [0.3, 0.4) is 0 Å². The van der Waals surface area contributed by atoms with Crippen LogP contribution in [0.5, 0.6) is 0 Å². The molecular weight excluding hydrogens is 182 g/mol. The Balaban J connectivity index is 2.25. The average Bonchev–Trinajstić information content (AvgIpc) is 2.58.